The number of hydrogen-bond acceptors (Lipinski definition) is 5. The van der Waals surface area contributed by atoms with Gasteiger partial charge in [0, 0.05) is 10.9 Å². The zero-order chi connectivity index (χ0) is 16.8. The van der Waals surface area contributed by atoms with Crippen LogP contribution >= 0.6 is 0 Å². The lowest BCUT2D eigenvalue weighted by molar-refractivity contribution is -0.255. The molecule has 6 nitrogen and oxygen atoms in total. The Kier molecular flexibility index (Phi) is 3.39. The van der Waals surface area contributed by atoms with E-state index in [0.29, 0.717) is 10.9 Å². The van der Waals surface area contributed by atoms with Crippen molar-refractivity contribution in [2.24, 2.45) is 10.9 Å². The molecule has 0 radical (unpaired) electrons. The van der Waals surface area contributed by atoms with E-state index in [1.165, 1.54) is 6.07 Å². The first kappa shape index (κ1) is 15.1. The van der Waals surface area contributed by atoms with Crippen LogP contribution in [0.25, 0.3) is 10.9 Å². The molecule has 6 heteroatoms. The van der Waals surface area contributed by atoms with Crippen LogP contribution in [0.15, 0.2) is 35.3 Å². The average Bonchev–Trinajstić information content (AvgIpc) is 2.82. The summed E-state index contributed by atoms with van der Waals surface area (Å²) in [5, 5.41) is 14.8. The van der Waals surface area contributed by atoms with E-state index in [1.807, 2.05) is 19.9 Å². The molecule has 0 saturated heterocycles. The fourth-order valence-electron chi connectivity index (χ4n) is 2.50. The molecule has 2 heterocycles. The number of hydrogen-bond donors (Lipinski definition) is 1. The number of aromatic nitrogens is 1. The topological polar surface area (TPSA) is 94.5 Å². The predicted octanol–water partition coefficient (Wildman–Crippen LogP) is 0.889. The molecule has 0 fully saturated rings. The Labute approximate surface area is 133 Å². The number of aromatic carboxylic acids is 1. The molecule has 2 aromatic rings. The fourth-order valence-corrected chi connectivity index (χ4v) is 2.50. The molecule has 1 aromatic heterocycles. The number of carboxylic acids is 1. The molecule has 1 aliphatic rings. The molecule has 0 bridgehead atoms. The quantitative estimate of drug-likeness (QED) is 0.911. The van der Waals surface area contributed by atoms with Crippen molar-refractivity contribution in [3.63, 3.8) is 0 Å². The number of nitrogens with zero attached hydrogens (tertiary/aromatic N) is 2. The number of pyridine rings is 1. The van der Waals surface area contributed by atoms with Gasteiger partial charge in [-0.2, -0.15) is 0 Å². The van der Waals surface area contributed by atoms with E-state index in [4.69, 9.17) is 0 Å². The second-order valence-electron chi connectivity index (χ2n) is 6.08. The van der Waals surface area contributed by atoms with Crippen LogP contribution in [0.5, 0.6) is 0 Å². The second-order valence-corrected chi connectivity index (χ2v) is 6.08. The smallest absolute Gasteiger partial charge is 0.253 e. The van der Waals surface area contributed by atoms with Gasteiger partial charge in [0.05, 0.1) is 11.5 Å². The molecule has 0 saturated carbocycles. The van der Waals surface area contributed by atoms with Gasteiger partial charge in [-0.3, -0.25) is 4.79 Å². The van der Waals surface area contributed by atoms with Crippen LogP contribution in [0, 0.1) is 5.92 Å². The van der Waals surface area contributed by atoms with Crippen molar-refractivity contribution in [3.05, 3.63) is 41.6 Å². The maximum atomic E-state index is 12.2. The summed E-state index contributed by atoms with van der Waals surface area (Å²) >= 11 is 0. The minimum atomic E-state index is -1.35. The minimum absolute atomic E-state index is 0.0353. The highest BCUT2D eigenvalue weighted by Crippen LogP contribution is 2.28. The van der Waals surface area contributed by atoms with E-state index in [1.54, 1.807) is 25.1 Å². The van der Waals surface area contributed by atoms with E-state index in [0.717, 1.165) is 0 Å². The predicted molar refractivity (Wildman–Crippen MR) is 84.0 cm³/mol. The molecule has 0 unspecified atom stereocenters. The maximum Gasteiger partial charge on any atom is 0.253 e. The number of para-hydroxylation sites is 1. The highest BCUT2D eigenvalue weighted by molar-refractivity contribution is 6.18. The number of benzene rings is 1. The Hall–Kier alpha value is -2.76. The standard InChI is InChI=1S/C17H17N3O3/c1-9(2)17(3)16(23)19-14(20-17)13-11(15(21)22)8-10-6-4-5-7-12(10)18-13/h4-9H,1-3H3,(H,21,22)(H,19,20,23)/p-1/t17-/m1/s1. The van der Waals surface area contributed by atoms with Crippen LogP contribution in [0.2, 0.25) is 0 Å². The van der Waals surface area contributed by atoms with Gasteiger partial charge in [-0.15, -0.1) is 0 Å². The van der Waals surface area contributed by atoms with Gasteiger partial charge in [0.1, 0.15) is 11.2 Å². The Morgan fingerprint density at radius 3 is 2.61 bits per heavy atom. The Morgan fingerprint density at radius 2 is 2.00 bits per heavy atom. The van der Waals surface area contributed by atoms with Crippen LogP contribution in [-0.4, -0.2) is 28.2 Å². The Morgan fingerprint density at radius 1 is 1.30 bits per heavy atom. The third-order valence-electron chi connectivity index (χ3n) is 4.33. The van der Waals surface area contributed by atoms with Crippen LogP contribution in [0.1, 0.15) is 36.8 Å². The molecular weight excluding hydrogens is 294 g/mol. The van der Waals surface area contributed by atoms with E-state index >= 15 is 0 Å². The lowest BCUT2D eigenvalue weighted by Crippen LogP contribution is -2.41. The zero-order valence-corrected chi connectivity index (χ0v) is 13.1. The third kappa shape index (κ3) is 2.36. The number of carbonyl (C=O) groups is 2. The van der Waals surface area contributed by atoms with Crippen LogP contribution in [0.4, 0.5) is 0 Å². The monoisotopic (exact) mass is 310 g/mol. The van der Waals surface area contributed by atoms with Gasteiger partial charge in [-0.05, 0) is 25.0 Å². The van der Waals surface area contributed by atoms with Crippen molar-refractivity contribution in [2.45, 2.75) is 26.3 Å². The summed E-state index contributed by atoms with van der Waals surface area (Å²) in [7, 11) is 0. The van der Waals surface area contributed by atoms with Crippen molar-refractivity contribution in [2.75, 3.05) is 0 Å². The largest absolute Gasteiger partial charge is 0.545 e. The first-order valence-corrected chi connectivity index (χ1v) is 7.35. The molecule has 1 N–H and O–H groups in total. The van der Waals surface area contributed by atoms with Gasteiger partial charge < -0.3 is 15.2 Å². The number of carbonyl (C=O) groups excluding carboxylic acids is 2. The first-order valence-electron chi connectivity index (χ1n) is 7.35. The number of fused-ring (bicyclic) bond motifs is 1. The van der Waals surface area contributed by atoms with Gasteiger partial charge in [0.25, 0.3) is 5.91 Å². The number of amidine groups is 1. The summed E-state index contributed by atoms with van der Waals surface area (Å²) in [4.78, 5) is 32.5. The maximum absolute atomic E-state index is 12.2. The molecule has 1 atom stereocenters. The normalized spacial score (nSPS) is 20.7. The molecule has 1 aliphatic heterocycles. The lowest BCUT2D eigenvalue weighted by atomic mass is 9.89. The Bertz CT molecular complexity index is 857. The zero-order valence-electron chi connectivity index (χ0n) is 13.1. The van der Waals surface area contributed by atoms with E-state index in [9.17, 15) is 14.7 Å². The van der Waals surface area contributed by atoms with Crippen LogP contribution in [0.3, 0.4) is 0 Å². The Balaban J connectivity index is 2.22. The van der Waals surface area contributed by atoms with E-state index in [-0.39, 0.29) is 28.9 Å². The summed E-state index contributed by atoms with van der Waals surface area (Å²) in [6.45, 7) is 5.50. The van der Waals surface area contributed by atoms with Crippen LogP contribution < -0.4 is 10.4 Å². The lowest BCUT2D eigenvalue weighted by Gasteiger charge is -2.21. The van der Waals surface area contributed by atoms with Gasteiger partial charge >= 0.3 is 0 Å². The fraction of sp³-hybridized carbons (Fsp3) is 0.294. The molecule has 23 heavy (non-hydrogen) atoms. The van der Waals surface area contributed by atoms with Crippen molar-refractivity contribution < 1.29 is 14.7 Å². The van der Waals surface area contributed by atoms with Crippen molar-refractivity contribution in [1.82, 2.24) is 10.3 Å². The van der Waals surface area contributed by atoms with Gasteiger partial charge in [-0.25, -0.2) is 9.98 Å². The van der Waals surface area contributed by atoms with Gasteiger partial charge in [0.15, 0.2) is 5.84 Å². The van der Waals surface area contributed by atoms with Crippen LogP contribution in [-0.2, 0) is 4.79 Å². The number of nitrogens with one attached hydrogen (secondary N) is 1. The molecule has 1 aromatic carbocycles. The number of rotatable bonds is 3. The average molecular weight is 310 g/mol. The summed E-state index contributed by atoms with van der Waals surface area (Å²) in [6.07, 6.45) is 0. The van der Waals surface area contributed by atoms with Crippen molar-refractivity contribution in [3.8, 4) is 0 Å². The second kappa shape index (κ2) is 5.15. The van der Waals surface area contributed by atoms with E-state index in [2.05, 4.69) is 15.3 Å². The molecule has 1 amide bonds. The SMILES string of the molecule is CC(C)[C@@]1(C)N=C(c2nc3ccccc3cc2C(=O)[O-])NC1=O. The third-order valence-corrected chi connectivity index (χ3v) is 4.33. The number of aliphatic imine (C=N–C) groups is 1. The highest BCUT2D eigenvalue weighted by atomic mass is 16.4. The summed E-state index contributed by atoms with van der Waals surface area (Å²) in [6, 6.07) is 8.65. The van der Waals surface area contributed by atoms with Crippen molar-refractivity contribution in [1.29, 1.82) is 0 Å². The molecular formula is C17H16N3O3-. The molecule has 118 valence electrons. The molecule has 0 aliphatic carbocycles. The number of carboxylic acid groups (broad SMARTS) is 1. The first-order chi connectivity index (χ1) is 10.8. The minimum Gasteiger partial charge on any atom is -0.545 e. The number of amides is 1. The van der Waals surface area contributed by atoms with Gasteiger partial charge in [0.2, 0.25) is 0 Å². The molecule has 3 rings (SSSR count). The van der Waals surface area contributed by atoms with Gasteiger partial charge in [-0.1, -0.05) is 32.0 Å². The highest BCUT2D eigenvalue weighted by Gasteiger charge is 2.42. The van der Waals surface area contributed by atoms with Crippen molar-refractivity contribution >= 4 is 28.6 Å². The summed E-state index contributed by atoms with van der Waals surface area (Å²) < 4.78 is 0. The molecule has 0 spiro atoms. The van der Waals surface area contributed by atoms with E-state index < -0.39 is 11.5 Å². The summed E-state index contributed by atoms with van der Waals surface area (Å²) in [5.41, 5.74) is -0.272. The summed E-state index contributed by atoms with van der Waals surface area (Å²) in [5.74, 6) is -1.47.